The smallest absolute Gasteiger partial charge is 0.262 e. The van der Waals surface area contributed by atoms with Crippen molar-refractivity contribution in [3.05, 3.63) is 47.5 Å². The van der Waals surface area contributed by atoms with E-state index in [2.05, 4.69) is 9.44 Å². The second-order valence-electron chi connectivity index (χ2n) is 5.70. The average Bonchev–Trinajstić information content (AvgIpc) is 2.53. The van der Waals surface area contributed by atoms with Crippen LogP contribution in [0.4, 0.5) is 5.69 Å². The van der Waals surface area contributed by atoms with Gasteiger partial charge in [-0.25, -0.2) is 21.6 Å². The van der Waals surface area contributed by atoms with Crippen LogP contribution in [0.3, 0.4) is 0 Å². The van der Waals surface area contributed by atoms with Gasteiger partial charge in [0, 0.05) is 11.1 Å². The third-order valence-electron chi connectivity index (χ3n) is 3.24. The molecule has 0 aliphatic heterocycles. The fraction of sp³-hybridized carbons (Fsp3) is 0.250. The molecule has 0 radical (unpaired) electrons. The molecule has 142 valence electrons. The van der Waals surface area contributed by atoms with E-state index in [9.17, 15) is 16.8 Å². The highest BCUT2D eigenvalue weighted by atomic mass is 35.5. The Morgan fingerprint density at radius 2 is 1.50 bits per heavy atom. The molecule has 0 saturated heterocycles. The lowest BCUT2D eigenvalue weighted by atomic mass is 10.3. The normalized spacial score (nSPS) is 12.2. The van der Waals surface area contributed by atoms with E-state index in [0.717, 1.165) is 0 Å². The maximum Gasteiger partial charge on any atom is 0.262 e. The third-order valence-corrected chi connectivity index (χ3v) is 6.53. The average molecular weight is 419 g/mol. The zero-order chi connectivity index (χ0) is 19.5. The number of methoxy groups -OCH3 is 1. The lowest BCUT2D eigenvalue weighted by Crippen LogP contribution is -2.30. The molecule has 0 bridgehead atoms. The molecule has 0 atom stereocenters. The molecular weight excluding hydrogens is 400 g/mol. The molecule has 26 heavy (non-hydrogen) atoms. The summed E-state index contributed by atoms with van der Waals surface area (Å²) in [5, 5.41) is 0.398. The van der Waals surface area contributed by atoms with Gasteiger partial charge in [0.2, 0.25) is 10.0 Å². The van der Waals surface area contributed by atoms with Crippen LogP contribution in [0.2, 0.25) is 5.02 Å². The van der Waals surface area contributed by atoms with Crippen molar-refractivity contribution >= 4 is 37.3 Å². The SMILES string of the molecule is COc1ccc(S(=O)(=O)NC(C)C)cc1NS(=O)(=O)c1ccc(Cl)cc1. The topological polar surface area (TPSA) is 102 Å². The Balaban J connectivity index is 2.45. The van der Waals surface area contributed by atoms with E-state index >= 15 is 0 Å². The van der Waals surface area contributed by atoms with Crippen molar-refractivity contribution in [2.24, 2.45) is 0 Å². The van der Waals surface area contributed by atoms with Gasteiger partial charge in [-0.3, -0.25) is 4.72 Å². The van der Waals surface area contributed by atoms with Crippen LogP contribution in [0.1, 0.15) is 13.8 Å². The van der Waals surface area contributed by atoms with Gasteiger partial charge in [0.1, 0.15) is 5.75 Å². The molecule has 2 N–H and O–H groups in total. The number of rotatable bonds is 7. The highest BCUT2D eigenvalue weighted by Gasteiger charge is 2.21. The lowest BCUT2D eigenvalue weighted by Gasteiger charge is -2.15. The summed E-state index contributed by atoms with van der Waals surface area (Å²) in [6.07, 6.45) is 0. The molecule has 0 fully saturated rings. The van der Waals surface area contributed by atoms with Crippen LogP contribution in [-0.2, 0) is 20.0 Å². The number of halogens is 1. The molecule has 10 heteroatoms. The van der Waals surface area contributed by atoms with Crippen LogP contribution in [0.25, 0.3) is 0 Å². The van der Waals surface area contributed by atoms with Gasteiger partial charge in [0.05, 0.1) is 22.6 Å². The predicted molar refractivity (Wildman–Crippen MR) is 101 cm³/mol. The molecule has 2 aromatic rings. The quantitative estimate of drug-likeness (QED) is 0.719. The Labute approximate surface area is 158 Å². The Kier molecular flexibility index (Phi) is 6.17. The molecule has 2 rings (SSSR count). The molecule has 0 unspecified atom stereocenters. The second kappa shape index (κ2) is 7.83. The van der Waals surface area contributed by atoms with E-state index in [4.69, 9.17) is 16.3 Å². The monoisotopic (exact) mass is 418 g/mol. The summed E-state index contributed by atoms with van der Waals surface area (Å²) in [7, 11) is -6.39. The van der Waals surface area contributed by atoms with Crippen molar-refractivity contribution in [3.8, 4) is 5.75 Å². The minimum absolute atomic E-state index is 0.00841. The number of benzene rings is 2. The van der Waals surface area contributed by atoms with Gasteiger partial charge in [-0.05, 0) is 56.3 Å². The first-order valence-electron chi connectivity index (χ1n) is 7.54. The lowest BCUT2D eigenvalue weighted by molar-refractivity contribution is 0.416. The van der Waals surface area contributed by atoms with Crippen molar-refractivity contribution in [1.82, 2.24) is 4.72 Å². The minimum atomic E-state index is -3.95. The van der Waals surface area contributed by atoms with E-state index in [1.807, 2.05) is 0 Å². The van der Waals surface area contributed by atoms with Gasteiger partial charge in [-0.2, -0.15) is 0 Å². The van der Waals surface area contributed by atoms with Crippen molar-refractivity contribution in [1.29, 1.82) is 0 Å². The van der Waals surface area contributed by atoms with E-state index < -0.39 is 20.0 Å². The first kappa shape index (κ1) is 20.5. The largest absolute Gasteiger partial charge is 0.495 e. The maximum atomic E-state index is 12.5. The molecule has 2 aromatic carbocycles. The van der Waals surface area contributed by atoms with Crippen molar-refractivity contribution < 1.29 is 21.6 Å². The second-order valence-corrected chi connectivity index (χ2v) is 9.53. The first-order chi connectivity index (χ1) is 12.0. The van der Waals surface area contributed by atoms with E-state index in [1.165, 1.54) is 49.6 Å². The third kappa shape index (κ3) is 4.88. The molecule has 0 aliphatic carbocycles. The molecule has 0 saturated carbocycles. The number of nitrogens with one attached hydrogen (secondary N) is 2. The molecule has 0 heterocycles. The zero-order valence-electron chi connectivity index (χ0n) is 14.4. The van der Waals surface area contributed by atoms with Crippen LogP contribution in [0, 0.1) is 0 Å². The fourth-order valence-electron chi connectivity index (χ4n) is 2.13. The molecule has 0 aromatic heterocycles. The van der Waals surface area contributed by atoms with Crippen LogP contribution >= 0.6 is 11.6 Å². The predicted octanol–water partition coefficient (Wildman–Crippen LogP) is 2.84. The summed E-state index contributed by atoms with van der Waals surface area (Å²) < 4.78 is 59.7. The molecule has 7 nitrogen and oxygen atoms in total. The number of hydrogen-bond acceptors (Lipinski definition) is 5. The Hall–Kier alpha value is -1.81. The summed E-state index contributed by atoms with van der Waals surface area (Å²) in [5.74, 6) is 0.186. The Bertz CT molecular complexity index is 988. The number of ether oxygens (including phenoxy) is 1. The van der Waals surface area contributed by atoms with Crippen molar-refractivity contribution in [2.75, 3.05) is 11.8 Å². The summed E-state index contributed by atoms with van der Waals surface area (Å²) >= 11 is 5.77. The summed E-state index contributed by atoms with van der Waals surface area (Å²) in [6.45, 7) is 3.37. The number of sulfonamides is 2. The first-order valence-corrected chi connectivity index (χ1v) is 10.9. The van der Waals surface area contributed by atoms with Gasteiger partial charge in [-0.15, -0.1) is 0 Å². The van der Waals surface area contributed by atoms with Crippen LogP contribution < -0.4 is 14.2 Å². The van der Waals surface area contributed by atoms with Gasteiger partial charge in [0.25, 0.3) is 10.0 Å². The summed E-state index contributed by atoms with van der Waals surface area (Å²) in [6, 6.07) is 9.20. The minimum Gasteiger partial charge on any atom is -0.495 e. The highest BCUT2D eigenvalue weighted by molar-refractivity contribution is 7.92. The van der Waals surface area contributed by atoms with E-state index in [-0.39, 0.29) is 27.3 Å². The molecule has 0 aliphatic rings. The summed E-state index contributed by atoms with van der Waals surface area (Å²) in [5.41, 5.74) is 0.00841. The van der Waals surface area contributed by atoms with Crippen LogP contribution in [0.15, 0.2) is 52.3 Å². The summed E-state index contributed by atoms with van der Waals surface area (Å²) in [4.78, 5) is -0.0988. The van der Waals surface area contributed by atoms with Crippen LogP contribution in [0.5, 0.6) is 5.75 Å². The standard InChI is InChI=1S/C16H19ClN2O5S2/c1-11(2)18-26(22,23)14-8-9-16(24-3)15(10-14)19-25(20,21)13-6-4-12(17)5-7-13/h4-11,18-19H,1-3H3. The van der Waals surface area contributed by atoms with Gasteiger partial charge >= 0.3 is 0 Å². The molecule has 0 spiro atoms. The number of anilines is 1. The Morgan fingerprint density at radius 3 is 2.04 bits per heavy atom. The molecular formula is C16H19ClN2O5S2. The van der Waals surface area contributed by atoms with Crippen LogP contribution in [-0.4, -0.2) is 30.0 Å². The van der Waals surface area contributed by atoms with E-state index in [1.54, 1.807) is 13.8 Å². The van der Waals surface area contributed by atoms with Gasteiger partial charge < -0.3 is 4.74 Å². The van der Waals surface area contributed by atoms with Crippen molar-refractivity contribution in [3.63, 3.8) is 0 Å². The fourth-order valence-corrected chi connectivity index (χ4v) is 4.59. The van der Waals surface area contributed by atoms with Gasteiger partial charge in [0.15, 0.2) is 0 Å². The zero-order valence-corrected chi connectivity index (χ0v) is 16.7. The molecule has 0 amide bonds. The van der Waals surface area contributed by atoms with E-state index in [0.29, 0.717) is 5.02 Å². The number of hydrogen-bond donors (Lipinski definition) is 2. The van der Waals surface area contributed by atoms with Crippen molar-refractivity contribution in [2.45, 2.75) is 29.7 Å². The maximum absolute atomic E-state index is 12.5. The van der Waals surface area contributed by atoms with Gasteiger partial charge in [-0.1, -0.05) is 11.6 Å². The highest BCUT2D eigenvalue weighted by Crippen LogP contribution is 2.30. The Morgan fingerprint density at radius 1 is 0.923 bits per heavy atom.